The Balaban J connectivity index is 1.83. The Labute approximate surface area is 126 Å². The molecule has 0 spiro atoms. The molecule has 0 saturated carbocycles. The zero-order chi connectivity index (χ0) is 14.5. The molecule has 2 rings (SSSR count). The van der Waals surface area contributed by atoms with Crippen molar-refractivity contribution < 1.29 is 0 Å². The first-order chi connectivity index (χ1) is 9.61. The summed E-state index contributed by atoms with van der Waals surface area (Å²) in [6.07, 6.45) is 1.03. The molecule has 1 aromatic carbocycles. The van der Waals surface area contributed by atoms with Gasteiger partial charge in [-0.15, -0.1) is 0 Å². The summed E-state index contributed by atoms with van der Waals surface area (Å²) in [5, 5.41) is 4.32. The second-order valence-electron chi connectivity index (χ2n) is 5.19. The van der Waals surface area contributed by atoms with Crippen LogP contribution in [0.4, 0.5) is 0 Å². The van der Waals surface area contributed by atoms with E-state index in [0.29, 0.717) is 0 Å². The minimum Gasteiger partial charge on any atom is -0.349 e. The Morgan fingerprint density at radius 1 is 1.15 bits per heavy atom. The minimum atomic E-state index is 0.800. The maximum absolute atomic E-state index is 5.88. The van der Waals surface area contributed by atoms with Crippen molar-refractivity contribution in [2.24, 2.45) is 0 Å². The van der Waals surface area contributed by atoms with Gasteiger partial charge < -0.3 is 9.88 Å². The molecule has 0 aliphatic carbocycles. The number of nitrogens with one attached hydrogen (secondary N) is 1. The number of hydrogen-bond donors (Lipinski definition) is 1. The lowest BCUT2D eigenvalue weighted by atomic mass is 10.1. The molecule has 20 heavy (non-hydrogen) atoms. The van der Waals surface area contributed by atoms with Crippen LogP contribution in [0, 0.1) is 13.8 Å². The number of aromatic nitrogens is 1. The van der Waals surface area contributed by atoms with Crippen molar-refractivity contribution in [3.8, 4) is 0 Å². The van der Waals surface area contributed by atoms with Crippen LogP contribution < -0.4 is 5.32 Å². The monoisotopic (exact) mass is 290 g/mol. The fourth-order valence-electron chi connectivity index (χ4n) is 2.64. The van der Waals surface area contributed by atoms with E-state index < -0.39 is 0 Å². The smallest absolute Gasteiger partial charge is 0.0406 e. The zero-order valence-electron chi connectivity index (χ0n) is 12.5. The lowest BCUT2D eigenvalue weighted by molar-refractivity contribution is 0.672. The highest BCUT2D eigenvalue weighted by molar-refractivity contribution is 6.30. The molecular formula is C17H23ClN2. The molecule has 0 amide bonds. The summed E-state index contributed by atoms with van der Waals surface area (Å²) in [6, 6.07) is 10.4. The normalized spacial score (nSPS) is 11.0. The first kappa shape index (κ1) is 15.1. The third kappa shape index (κ3) is 3.65. The van der Waals surface area contributed by atoms with Gasteiger partial charge in [-0.05, 0) is 63.1 Å². The van der Waals surface area contributed by atoms with E-state index in [4.69, 9.17) is 11.6 Å². The van der Waals surface area contributed by atoms with Crippen LogP contribution in [0.2, 0.25) is 5.02 Å². The Bertz CT molecular complexity index is 555. The molecule has 0 aliphatic rings. The summed E-state index contributed by atoms with van der Waals surface area (Å²) in [5.74, 6) is 0. The second-order valence-corrected chi connectivity index (χ2v) is 5.63. The van der Waals surface area contributed by atoms with Crippen LogP contribution in [-0.2, 0) is 19.5 Å². The van der Waals surface area contributed by atoms with Crippen molar-refractivity contribution in [3.63, 3.8) is 0 Å². The molecule has 1 heterocycles. The summed E-state index contributed by atoms with van der Waals surface area (Å²) in [4.78, 5) is 0. The molecular weight excluding hydrogens is 268 g/mol. The van der Waals surface area contributed by atoms with Crippen molar-refractivity contribution in [1.29, 1.82) is 0 Å². The van der Waals surface area contributed by atoms with E-state index in [1.54, 1.807) is 0 Å². The number of hydrogen-bond acceptors (Lipinski definition) is 1. The predicted molar refractivity (Wildman–Crippen MR) is 86.4 cm³/mol. The van der Waals surface area contributed by atoms with Crippen LogP contribution in [0.5, 0.6) is 0 Å². The molecule has 1 aromatic heterocycles. The van der Waals surface area contributed by atoms with Crippen LogP contribution in [-0.4, -0.2) is 11.1 Å². The lowest BCUT2D eigenvalue weighted by Crippen LogP contribution is -2.17. The molecule has 0 unspecified atom stereocenters. The molecule has 0 radical (unpaired) electrons. The Morgan fingerprint density at radius 3 is 2.45 bits per heavy atom. The number of halogens is 1. The van der Waals surface area contributed by atoms with Gasteiger partial charge in [0.2, 0.25) is 0 Å². The lowest BCUT2D eigenvalue weighted by Gasteiger charge is -2.07. The molecule has 1 N–H and O–H groups in total. The van der Waals surface area contributed by atoms with Gasteiger partial charge in [0, 0.05) is 29.5 Å². The van der Waals surface area contributed by atoms with E-state index in [9.17, 15) is 0 Å². The first-order valence-electron chi connectivity index (χ1n) is 7.22. The average Bonchev–Trinajstić information content (AvgIpc) is 2.71. The molecule has 2 nitrogen and oxygen atoms in total. The van der Waals surface area contributed by atoms with Crippen molar-refractivity contribution in [2.45, 2.75) is 40.3 Å². The van der Waals surface area contributed by atoms with Crippen LogP contribution >= 0.6 is 11.6 Å². The van der Waals surface area contributed by atoms with Gasteiger partial charge in [-0.3, -0.25) is 0 Å². The van der Waals surface area contributed by atoms with Crippen molar-refractivity contribution in [2.75, 3.05) is 6.54 Å². The van der Waals surface area contributed by atoms with E-state index in [-0.39, 0.29) is 0 Å². The third-order valence-corrected chi connectivity index (χ3v) is 4.07. The topological polar surface area (TPSA) is 17.0 Å². The summed E-state index contributed by atoms with van der Waals surface area (Å²) in [6.45, 7) is 9.53. The Morgan fingerprint density at radius 2 is 1.85 bits per heavy atom. The van der Waals surface area contributed by atoms with Crippen LogP contribution in [0.25, 0.3) is 0 Å². The van der Waals surface area contributed by atoms with Crippen LogP contribution in [0.15, 0.2) is 30.3 Å². The van der Waals surface area contributed by atoms with Gasteiger partial charge in [-0.2, -0.15) is 0 Å². The summed E-state index contributed by atoms with van der Waals surface area (Å²) >= 11 is 5.88. The van der Waals surface area contributed by atoms with Crippen LogP contribution in [0.1, 0.15) is 29.4 Å². The maximum atomic E-state index is 5.88. The largest absolute Gasteiger partial charge is 0.349 e. The van der Waals surface area contributed by atoms with Crippen molar-refractivity contribution >= 4 is 11.6 Å². The van der Waals surface area contributed by atoms with E-state index in [1.165, 1.54) is 22.5 Å². The predicted octanol–water partition coefficient (Wildman–Crippen LogP) is 4.11. The molecule has 0 bridgehead atoms. The fourth-order valence-corrected chi connectivity index (χ4v) is 2.77. The summed E-state index contributed by atoms with van der Waals surface area (Å²) in [7, 11) is 0. The highest BCUT2D eigenvalue weighted by atomic mass is 35.5. The quantitative estimate of drug-likeness (QED) is 0.792. The van der Waals surface area contributed by atoms with Crippen molar-refractivity contribution in [3.05, 3.63) is 57.9 Å². The molecule has 0 atom stereocenters. The average molecular weight is 291 g/mol. The standard InChI is InChI=1S/C17H23ClN2/c1-4-20-13(2)11-16(14(20)3)12-19-10-9-15-5-7-17(18)8-6-15/h5-8,11,19H,4,9-10,12H2,1-3H3. The molecule has 0 fully saturated rings. The highest BCUT2D eigenvalue weighted by Gasteiger charge is 2.06. The maximum Gasteiger partial charge on any atom is 0.0406 e. The first-order valence-corrected chi connectivity index (χ1v) is 7.60. The molecule has 3 heteroatoms. The molecule has 0 saturated heterocycles. The summed E-state index contributed by atoms with van der Waals surface area (Å²) < 4.78 is 2.36. The van der Waals surface area contributed by atoms with Gasteiger partial charge in [-0.25, -0.2) is 0 Å². The SMILES string of the molecule is CCn1c(C)cc(CNCCc2ccc(Cl)cc2)c1C. The van der Waals surface area contributed by atoms with Gasteiger partial charge in [-0.1, -0.05) is 23.7 Å². The number of rotatable bonds is 6. The van der Waals surface area contributed by atoms with E-state index >= 15 is 0 Å². The van der Waals surface area contributed by atoms with Crippen LogP contribution in [0.3, 0.4) is 0 Å². The molecule has 2 aromatic rings. The Kier molecular flexibility index (Phi) is 5.27. The van der Waals surface area contributed by atoms with Crippen molar-refractivity contribution in [1.82, 2.24) is 9.88 Å². The third-order valence-electron chi connectivity index (χ3n) is 3.81. The van der Waals surface area contributed by atoms with E-state index in [2.05, 4.69) is 48.9 Å². The van der Waals surface area contributed by atoms with E-state index in [0.717, 1.165) is 31.1 Å². The summed E-state index contributed by atoms with van der Waals surface area (Å²) in [5.41, 5.74) is 5.45. The number of nitrogens with zero attached hydrogens (tertiary/aromatic N) is 1. The van der Waals surface area contributed by atoms with Gasteiger partial charge in [0.1, 0.15) is 0 Å². The Hall–Kier alpha value is -1.25. The molecule has 108 valence electrons. The zero-order valence-corrected chi connectivity index (χ0v) is 13.3. The second kappa shape index (κ2) is 6.96. The van der Waals surface area contributed by atoms with Gasteiger partial charge >= 0.3 is 0 Å². The molecule has 0 aliphatic heterocycles. The number of benzene rings is 1. The van der Waals surface area contributed by atoms with Gasteiger partial charge in [0.15, 0.2) is 0 Å². The minimum absolute atomic E-state index is 0.800. The van der Waals surface area contributed by atoms with Gasteiger partial charge in [0.05, 0.1) is 0 Å². The van der Waals surface area contributed by atoms with E-state index in [1.807, 2.05) is 12.1 Å². The fraction of sp³-hybridized carbons (Fsp3) is 0.412. The van der Waals surface area contributed by atoms with Gasteiger partial charge in [0.25, 0.3) is 0 Å². The number of aryl methyl sites for hydroxylation is 1. The highest BCUT2D eigenvalue weighted by Crippen LogP contribution is 2.14.